The van der Waals surface area contributed by atoms with Crippen LogP contribution in [0, 0.1) is 23.7 Å². The number of carbonyl (C=O) groups is 4. The van der Waals surface area contributed by atoms with Crippen LogP contribution in [-0.4, -0.2) is 93.1 Å². The Kier molecular flexibility index (Phi) is 11.5. The number of hydrogen-bond donors (Lipinski definition) is 4. The van der Waals surface area contributed by atoms with Gasteiger partial charge in [0.15, 0.2) is 0 Å². The summed E-state index contributed by atoms with van der Waals surface area (Å²) in [7, 11) is 2.59. The number of aromatic amines is 2. The molecule has 14 nitrogen and oxygen atoms in total. The number of alkyl carbamates (subject to hydrolysis) is 2. The lowest BCUT2D eigenvalue weighted by molar-refractivity contribution is -0.136. The minimum Gasteiger partial charge on any atom is -0.453 e. The Morgan fingerprint density at radius 1 is 0.621 bits per heavy atom. The lowest BCUT2D eigenvalue weighted by Gasteiger charge is -2.30. The molecule has 5 aromatic rings. The van der Waals surface area contributed by atoms with Crippen LogP contribution < -0.4 is 10.6 Å². The molecule has 2 aliphatic heterocycles. The Morgan fingerprint density at radius 2 is 0.983 bits per heavy atom. The Morgan fingerprint density at radius 3 is 1.33 bits per heavy atom. The number of fused-ring (bicyclic) bond motifs is 2. The number of carbonyl (C=O) groups excluding carboxylic acids is 4. The molecular weight excluding hydrogens is 737 g/mol. The maximum Gasteiger partial charge on any atom is 0.407 e. The first kappa shape index (κ1) is 40.3. The highest BCUT2D eigenvalue weighted by atomic mass is 16.5. The van der Waals surface area contributed by atoms with Crippen molar-refractivity contribution < 1.29 is 28.7 Å². The van der Waals surface area contributed by atoms with Crippen LogP contribution in [0.15, 0.2) is 60.7 Å². The third-order valence-corrected chi connectivity index (χ3v) is 11.6. The molecule has 0 spiro atoms. The molecule has 0 radical (unpaired) electrons. The third kappa shape index (κ3) is 8.09. The molecule has 14 heteroatoms. The van der Waals surface area contributed by atoms with E-state index in [-0.39, 0.29) is 47.6 Å². The summed E-state index contributed by atoms with van der Waals surface area (Å²) in [6, 6.07) is 18.8. The highest BCUT2D eigenvalue weighted by molar-refractivity contribution is 5.88. The summed E-state index contributed by atoms with van der Waals surface area (Å²) in [6.45, 7) is 13.0. The van der Waals surface area contributed by atoms with E-state index < -0.39 is 24.3 Å². The Balaban J connectivity index is 1.08. The first-order valence-corrected chi connectivity index (χ1v) is 20.1. The molecule has 2 aliphatic rings. The van der Waals surface area contributed by atoms with Crippen molar-refractivity contribution in [3.63, 3.8) is 0 Å². The van der Waals surface area contributed by atoms with Gasteiger partial charge in [0.25, 0.3) is 0 Å². The van der Waals surface area contributed by atoms with Crippen LogP contribution in [-0.2, 0) is 19.1 Å². The molecule has 4 N–H and O–H groups in total. The van der Waals surface area contributed by atoms with Crippen LogP contribution in [0.5, 0.6) is 0 Å². The van der Waals surface area contributed by atoms with Gasteiger partial charge in [-0.1, -0.05) is 77.9 Å². The quantitative estimate of drug-likeness (QED) is 0.114. The normalized spacial score (nSPS) is 20.5. The summed E-state index contributed by atoms with van der Waals surface area (Å²) in [6.07, 6.45) is 0.277. The number of H-pyrrole nitrogens is 2. The molecule has 306 valence electrons. The summed E-state index contributed by atoms with van der Waals surface area (Å²) in [4.78, 5) is 72.2. The number of benzene rings is 3. The van der Waals surface area contributed by atoms with Crippen LogP contribution >= 0.6 is 0 Å². The fourth-order valence-electron chi connectivity index (χ4n) is 8.43. The molecule has 7 rings (SSSR count). The van der Waals surface area contributed by atoms with Crippen molar-refractivity contribution in [3.05, 3.63) is 72.3 Å². The molecule has 2 aromatic heterocycles. The topological polar surface area (TPSA) is 175 Å². The van der Waals surface area contributed by atoms with Gasteiger partial charge >= 0.3 is 12.2 Å². The predicted molar refractivity (Wildman–Crippen MR) is 221 cm³/mol. The van der Waals surface area contributed by atoms with E-state index >= 15 is 0 Å². The van der Waals surface area contributed by atoms with Gasteiger partial charge in [0.05, 0.1) is 48.4 Å². The molecule has 0 unspecified atom stereocenters. The van der Waals surface area contributed by atoms with E-state index in [1.165, 1.54) is 14.2 Å². The lowest BCUT2D eigenvalue weighted by Crippen LogP contribution is -2.51. The van der Waals surface area contributed by atoms with E-state index in [0.29, 0.717) is 13.1 Å². The van der Waals surface area contributed by atoms with E-state index in [4.69, 9.17) is 19.4 Å². The molecule has 0 bridgehead atoms. The fourth-order valence-corrected chi connectivity index (χ4v) is 8.43. The van der Waals surface area contributed by atoms with Gasteiger partial charge in [-0.15, -0.1) is 0 Å². The standard InChI is InChI=1S/C44H54N8O6/c1-23(2)37(49-43(55)57-7)41(53)51-21-25(5)17-35(51)39-45-31-15-13-29(19-33(31)47-39)27-9-11-28(12-10-27)30-14-16-32-34(20-30)48-40(46-32)36-18-26(6)22-52(36)42(54)38(24(3)4)50-44(56)58-8/h9-16,19-20,23-26,35-38H,17-18,21-22H2,1-8H3,(H,45,47)(H,46,48)(H,49,55)(H,50,56)/t25-,26-,35+,36+,37+,38+/m1/s1. The number of methoxy groups -OCH3 is 2. The number of imidazole rings is 2. The van der Waals surface area contributed by atoms with E-state index in [9.17, 15) is 19.2 Å². The molecule has 4 heterocycles. The molecular formula is C44H54N8O6. The zero-order valence-corrected chi connectivity index (χ0v) is 34.5. The smallest absolute Gasteiger partial charge is 0.407 e. The van der Waals surface area contributed by atoms with E-state index in [1.807, 2.05) is 49.6 Å². The van der Waals surface area contributed by atoms with E-state index in [0.717, 1.165) is 68.8 Å². The summed E-state index contributed by atoms with van der Waals surface area (Å²) >= 11 is 0. The molecule has 6 atom stereocenters. The molecule has 3 aromatic carbocycles. The van der Waals surface area contributed by atoms with Gasteiger partial charge in [0, 0.05) is 13.1 Å². The number of nitrogens with zero attached hydrogens (tertiary/aromatic N) is 4. The SMILES string of the molecule is COC(=O)N[C@H](C(=O)N1C[C@H](C)C[C@H]1c1nc2cc(-c3ccc(-c4ccc5[nH]c([C@@H]6C[C@@H](C)CN6C(=O)[C@@H](NC(=O)OC)C(C)C)nc5c4)cc3)ccc2[nH]1)C(C)C. The number of aromatic nitrogens is 4. The molecule has 0 aliphatic carbocycles. The van der Waals surface area contributed by atoms with Gasteiger partial charge in [-0.2, -0.15) is 0 Å². The third-order valence-electron chi connectivity index (χ3n) is 11.6. The summed E-state index contributed by atoms with van der Waals surface area (Å²) in [5.41, 5.74) is 7.52. The van der Waals surface area contributed by atoms with Crippen molar-refractivity contribution in [3.8, 4) is 22.3 Å². The number of rotatable bonds is 10. The van der Waals surface area contributed by atoms with Crippen molar-refractivity contribution in [2.24, 2.45) is 23.7 Å². The van der Waals surface area contributed by atoms with Crippen LogP contribution in [0.2, 0.25) is 0 Å². The minimum absolute atomic E-state index is 0.118. The van der Waals surface area contributed by atoms with Crippen molar-refractivity contribution in [1.82, 2.24) is 40.4 Å². The fraction of sp³-hybridized carbons (Fsp3) is 0.455. The zero-order valence-electron chi connectivity index (χ0n) is 34.5. The summed E-state index contributed by atoms with van der Waals surface area (Å²) in [5, 5.41) is 5.44. The molecule has 0 saturated carbocycles. The number of likely N-dealkylation sites (tertiary alicyclic amines) is 2. The average molecular weight is 791 g/mol. The van der Waals surface area contributed by atoms with Crippen LogP contribution in [0.1, 0.15) is 78.1 Å². The summed E-state index contributed by atoms with van der Waals surface area (Å²) < 4.78 is 9.59. The van der Waals surface area contributed by atoms with Gasteiger partial charge in [0.1, 0.15) is 23.7 Å². The van der Waals surface area contributed by atoms with Crippen LogP contribution in [0.4, 0.5) is 9.59 Å². The van der Waals surface area contributed by atoms with Crippen molar-refractivity contribution in [1.29, 1.82) is 0 Å². The van der Waals surface area contributed by atoms with Gasteiger partial charge in [0.2, 0.25) is 11.8 Å². The maximum absolute atomic E-state index is 13.8. The van der Waals surface area contributed by atoms with Crippen molar-refractivity contribution >= 4 is 46.1 Å². The highest BCUT2D eigenvalue weighted by Gasteiger charge is 2.41. The highest BCUT2D eigenvalue weighted by Crippen LogP contribution is 2.38. The molecule has 2 fully saturated rings. The average Bonchev–Trinajstić information content (AvgIpc) is 4.01. The molecule has 2 saturated heterocycles. The maximum atomic E-state index is 13.8. The van der Waals surface area contributed by atoms with Gasteiger partial charge in [-0.3, -0.25) is 9.59 Å². The number of nitrogens with one attached hydrogen (secondary N) is 4. The van der Waals surface area contributed by atoms with Gasteiger partial charge in [-0.25, -0.2) is 19.6 Å². The first-order chi connectivity index (χ1) is 27.7. The van der Waals surface area contributed by atoms with E-state index in [2.05, 4.69) is 83.0 Å². The van der Waals surface area contributed by atoms with Gasteiger partial charge < -0.3 is 39.9 Å². The number of ether oxygens (including phenoxy) is 2. The minimum atomic E-state index is -0.705. The van der Waals surface area contributed by atoms with Crippen molar-refractivity contribution in [2.45, 2.75) is 78.6 Å². The van der Waals surface area contributed by atoms with Crippen molar-refractivity contribution in [2.75, 3.05) is 27.3 Å². The predicted octanol–water partition coefficient (Wildman–Crippen LogP) is 7.35. The second-order valence-electron chi connectivity index (χ2n) is 16.7. The molecule has 58 heavy (non-hydrogen) atoms. The van der Waals surface area contributed by atoms with E-state index in [1.54, 1.807) is 0 Å². The Bertz CT molecular complexity index is 2150. The Labute approximate surface area is 338 Å². The first-order valence-electron chi connectivity index (χ1n) is 20.1. The zero-order chi connectivity index (χ0) is 41.4. The monoisotopic (exact) mass is 790 g/mol. The number of hydrogen-bond acceptors (Lipinski definition) is 8. The number of amides is 4. The van der Waals surface area contributed by atoms with Crippen LogP contribution in [0.3, 0.4) is 0 Å². The molecule has 4 amide bonds. The largest absolute Gasteiger partial charge is 0.453 e. The second-order valence-corrected chi connectivity index (χ2v) is 16.7. The summed E-state index contributed by atoms with van der Waals surface area (Å²) in [5.74, 6) is 1.49. The Hall–Kier alpha value is -5.92. The lowest BCUT2D eigenvalue weighted by atomic mass is 10.00. The van der Waals surface area contributed by atoms with Crippen LogP contribution in [0.25, 0.3) is 44.3 Å². The second kappa shape index (κ2) is 16.5. The van der Waals surface area contributed by atoms with Gasteiger partial charge in [-0.05, 0) is 83.0 Å².